The summed E-state index contributed by atoms with van der Waals surface area (Å²) in [5, 5.41) is 16.5. The van der Waals surface area contributed by atoms with Crippen LogP contribution < -0.4 is 11.6 Å². The Kier molecular flexibility index (Phi) is 4.83. The van der Waals surface area contributed by atoms with E-state index in [9.17, 15) is 4.79 Å². The molecule has 0 aromatic heterocycles. The lowest BCUT2D eigenvalue weighted by atomic mass is 10.1. The fraction of sp³-hybridized carbons (Fsp3) is 0.714. The smallest absolute Gasteiger partial charge is 0.328 e. The van der Waals surface area contributed by atoms with Crippen LogP contribution in [0.25, 0.3) is 0 Å². The minimum Gasteiger partial charge on any atom is -0.480 e. The Hall–Kier alpha value is -1.30. The van der Waals surface area contributed by atoms with E-state index in [2.05, 4.69) is 0 Å². The van der Waals surface area contributed by atoms with Gasteiger partial charge in [0.25, 0.3) is 0 Å². The Balaban J connectivity index is 4.24. The van der Waals surface area contributed by atoms with E-state index in [0.29, 0.717) is 6.42 Å². The summed E-state index contributed by atoms with van der Waals surface area (Å²) in [5.74, 6) is 3.83. The van der Waals surface area contributed by atoms with Gasteiger partial charge in [0.2, 0.25) is 5.96 Å². The van der Waals surface area contributed by atoms with E-state index in [1.807, 2.05) is 6.92 Å². The first-order chi connectivity index (χ1) is 6.00. The van der Waals surface area contributed by atoms with Crippen molar-refractivity contribution < 1.29 is 9.90 Å². The molecule has 0 heterocycles. The molecule has 0 saturated heterocycles. The Morgan fingerprint density at radius 2 is 2.23 bits per heavy atom. The van der Waals surface area contributed by atoms with Gasteiger partial charge in [0.05, 0.1) is 0 Å². The van der Waals surface area contributed by atoms with Crippen molar-refractivity contribution in [3.8, 4) is 0 Å². The lowest BCUT2D eigenvalue weighted by molar-refractivity contribution is -0.142. The first kappa shape index (κ1) is 11.7. The number of carboxylic acids is 1. The largest absolute Gasteiger partial charge is 0.480 e. The zero-order chi connectivity index (χ0) is 10.4. The molecule has 6 heteroatoms. The molecule has 0 aromatic carbocycles. The molecule has 13 heavy (non-hydrogen) atoms. The van der Waals surface area contributed by atoms with Crippen LogP contribution in [0, 0.1) is 5.41 Å². The van der Waals surface area contributed by atoms with Gasteiger partial charge in [0.15, 0.2) is 0 Å². The number of hydrogen-bond acceptors (Lipinski definition) is 3. The molecule has 76 valence electrons. The maximum absolute atomic E-state index is 10.7. The second kappa shape index (κ2) is 5.36. The summed E-state index contributed by atoms with van der Waals surface area (Å²) in [7, 11) is 0. The number of nitrogens with one attached hydrogen (secondary N) is 1. The normalized spacial score (nSPS) is 12.2. The van der Waals surface area contributed by atoms with E-state index in [-0.39, 0.29) is 0 Å². The third-order valence-corrected chi connectivity index (χ3v) is 1.73. The van der Waals surface area contributed by atoms with Crippen LogP contribution in [0.5, 0.6) is 0 Å². The van der Waals surface area contributed by atoms with Gasteiger partial charge in [-0.1, -0.05) is 19.8 Å². The summed E-state index contributed by atoms with van der Waals surface area (Å²) in [6.45, 7) is 1.95. The Morgan fingerprint density at radius 3 is 2.54 bits per heavy atom. The van der Waals surface area contributed by atoms with Crippen molar-refractivity contribution in [2.24, 2.45) is 11.6 Å². The number of nitrogens with two attached hydrogens (primary N) is 2. The van der Waals surface area contributed by atoms with Crippen LogP contribution in [0.15, 0.2) is 0 Å². The number of guanidine groups is 1. The van der Waals surface area contributed by atoms with Crippen LogP contribution in [0.3, 0.4) is 0 Å². The summed E-state index contributed by atoms with van der Waals surface area (Å²) >= 11 is 0. The summed E-state index contributed by atoms with van der Waals surface area (Å²) < 4.78 is 0. The summed E-state index contributed by atoms with van der Waals surface area (Å²) in [4.78, 5) is 10.7. The Labute approximate surface area is 77.0 Å². The predicted molar refractivity (Wildman–Crippen MR) is 48.9 cm³/mol. The molecule has 6 N–H and O–H groups in total. The van der Waals surface area contributed by atoms with Gasteiger partial charge in [-0.05, 0) is 6.42 Å². The molecular weight excluding hydrogens is 172 g/mol. The SMILES string of the molecule is CCCCC(C(=O)O)N(N)C(=N)N. The van der Waals surface area contributed by atoms with Crippen molar-refractivity contribution in [3.63, 3.8) is 0 Å². The molecule has 1 atom stereocenters. The minimum absolute atomic E-state index is 0.405. The molecule has 1 unspecified atom stereocenters. The van der Waals surface area contributed by atoms with Crippen molar-refractivity contribution in [2.45, 2.75) is 32.2 Å². The fourth-order valence-electron chi connectivity index (χ4n) is 0.947. The molecule has 6 nitrogen and oxygen atoms in total. The van der Waals surface area contributed by atoms with Gasteiger partial charge in [-0.25, -0.2) is 10.6 Å². The number of carbonyl (C=O) groups is 1. The van der Waals surface area contributed by atoms with Crippen molar-refractivity contribution in [3.05, 3.63) is 0 Å². The highest BCUT2D eigenvalue weighted by Crippen LogP contribution is 2.05. The molecule has 0 bridgehead atoms. The standard InChI is InChI=1S/C7H16N4O2/c1-2-3-4-5(6(12)13)11(10)7(8)9/h5H,2-4,10H2,1H3,(H3,8,9)(H,12,13). The number of aliphatic carboxylic acids is 1. The molecule has 0 radical (unpaired) electrons. The quantitative estimate of drug-likeness (QED) is 0.204. The Bertz CT molecular complexity index is 195. The average molecular weight is 188 g/mol. The second-order valence-corrected chi connectivity index (χ2v) is 2.79. The molecular formula is C7H16N4O2. The van der Waals surface area contributed by atoms with Gasteiger partial charge >= 0.3 is 5.97 Å². The first-order valence-electron chi connectivity index (χ1n) is 4.11. The fourth-order valence-corrected chi connectivity index (χ4v) is 0.947. The lowest BCUT2D eigenvalue weighted by Crippen LogP contribution is -2.52. The number of rotatable bonds is 5. The van der Waals surface area contributed by atoms with Crippen molar-refractivity contribution in [2.75, 3.05) is 0 Å². The lowest BCUT2D eigenvalue weighted by Gasteiger charge is -2.23. The van der Waals surface area contributed by atoms with Gasteiger partial charge in [-0.3, -0.25) is 10.4 Å². The number of carboxylic acid groups (broad SMARTS) is 1. The summed E-state index contributed by atoms with van der Waals surface area (Å²) in [6, 6.07) is -0.891. The summed E-state index contributed by atoms with van der Waals surface area (Å²) in [6.07, 6.45) is 2.04. The minimum atomic E-state index is -1.05. The van der Waals surface area contributed by atoms with Crippen molar-refractivity contribution in [1.29, 1.82) is 5.41 Å². The first-order valence-corrected chi connectivity index (χ1v) is 4.11. The number of hydrogen-bond donors (Lipinski definition) is 4. The molecule has 0 aliphatic heterocycles. The average Bonchev–Trinajstić information content (AvgIpc) is 2.04. The van der Waals surface area contributed by atoms with Gasteiger partial charge in [-0.15, -0.1) is 0 Å². The number of unbranched alkanes of at least 4 members (excludes halogenated alkanes) is 1. The molecule has 0 saturated carbocycles. The third-order valence-electron chi connectivity index (χ3n) is 1.73. The van der Waals surface area contributed by atoms with Crippen LogP contribution in [-0.2, 0) is 4.79 Å². The van der Waals surface area contributed by atoms with E-state index < -0.39 is 18.0 Å². The van der Waals surface area contributed by atoms with Crippen molar-refractivity contribution in [1.82, 2.24) is 5.01 Å². The van der Waals surface area contributed by atoms with Gasteiger partial charge in [0, 0.05) is 0 Å². The maximum Gasteiger partial charge on any atom is 0.328 e. The van der Waals surface area contributed by atoms with Gasteiger partial charge in [-0.2, -0.15) is 0 Å². The zero-order valence-electron chi connectivity index (χ0n) is 7.66. The second-order valence-electron chi connectivity index (χ2n) is 2.79. The molecule has 0 amide bonds. The number of nitrogens with zero attached hydrogens (tertiary/aromatic N) is 1. The van der Waals surface area contributed by atoms with Crippen LogP contribution in [0.1, 0.15) is 26.2 Å². The highest BCUT2D eigenvalue weighted by atomic mass is 16.4. The summed E-state index contributed by atoms with van der Waals surface area (Å²) in [5.41, 5.74) is 5.07. The highest BCUT2D eigenvalue weighted by molar-refractivity contribution is 5.82. The Morgan fingerprint density at radius 1 is 1.69 bits per heavy atom. The maximum atomic E-state index is 10.7. The molecule has 0 spiro atoms. The van der Waals surface area contributed by atoms with Crippen LogP contribution in [0.2, 0.25) is 0 Å². The third kappa shape index (κ3) is 3.75. The molecule has 0 fully saturated rings. The predicted octanol–water partition coefficient (Wildman–Crippen LogP) is -0.301. The highest BCUT2D eigenvalue weighted by Gasteiger charge is 2.23. The van der Waals surface area contributed by atoms with E-state index in [4.69, 9.17) is 22.1 Å². The monoisotopic (exact) mass is 188 g/mol. The van der Waals surface area contributed by atoms with Crippen LogP contribution in [-0.4, -0.2) is 28.1 Å². The van der Waals surface area contributed by atoms with Crippen LogP contribution in [0.4, 0.5) is 0 Å². The van der Waals surface area contributed by atoms with Crippen molar-refractivity contribution >= 4 is 11.9 Å². The number of hydrazine groups is 1. The van der Waals surface area contributed by atoms with Gasteiger partial charge < -0.3 is 10.8 Å². The van der Waals surface area contributed by atoms with E-state index in [1.165, 1.54) is 0 Å². The van der Waals surface area contributed by atoms with E-state index in [1.54, 1.807) is 0 Å². The topological polar surface area (TPSA) is 116 Å². The van der Waals surface area contributed by atoms with Crippen LogP contribution >= 0.6 is 0 Å². The molecule has 0 aromatic rings. The molecule has 0 aliphatic rings. The van der Waals surface area contributed by atoms with E-state index in [0.717, 1.165) is 17.9 Å². The molecule has 0 aliphatic carbocycles. The zero-order valence-corrected chi connectivity index (χ0v) is 7.66. The van der Waals surface area contributed by atoms with Gasteiger partial charge in [0.1, 0.15) is 6.04 Å². The van der Waals surface area contributed by atoms with E-state index >= 15 is 0 Å². The molecule has 0 rings (SSSR count).